The zero-order valence-corrected chi connectivity index (χ0v) is 21.6. The summed E-state index contributed by atoms with van der Waals surface area (Å²) in [6.45, 7) is 0. The Kier molecular flexibility index (Phi) is 6.11. The number of hydrogen-bond acceptors (Lipinski definition) is 4. The van der Waals surface area contributed by atoms with E-state index in [2.05, 4.69) is 71.7 Å². The molecule has 0 N–H and O–H groups in total. The Labute approximate surface area is 232 Å². The van der Waals surface area contributed by atoms with Crippen molar-refractivity contribution in [3.63, 3.8) is 0 Å². The van der Waals surface area contributed by atoms with Crippen molar-refractivity contribution in [2.45, 2.75) is 0 Å². The molecule has 7 aromatic rings. The standard InChI is InChI=1S/C36H24N4/c1-3-12-27(13-4-1)34-38-35(28-14-5-2-6-15-28)40-36(39-34)29-20-18-26(19-21-29)33-30-16-8-7-11-25(30)22-23-31(33)32-17-9-10-24-37-32/h1-24H. The average Bonchev–Trinajstić information content (AvgIpc) is 3.05. The molecule has 0 fully saturated rings. The van der Waals surface area contributed by atoms with Crippen LogP contribution in [0.15, 0.2) is 146 Å². The number of fused-ring (bicyclic) bond motifs is 1. The van der Waals surface area contributed by atoms with Crippen LogP contribution in [0.4, 0.5) is 0 Å². The molecule has 0 bridgehead atoms. The molecule has 0 aliphatic rings. The summed E-state index contributed by atoms with van der Waals surface area (Å²) in [7, 11) is 0. The third-order valence-electron chi connectivity index (χ3n) is 7.00. The van der Waals surface area contributed by atoms with Crippen LogP contribution in [-0.2, 0) is 0 Å². The minimum absolute atomic E-state index is 0.641. The fourth-order valence-corrected chi connectivity index (χ4v) is 5.04. The van der Waals surface area contributed by atoms with E-state index >= 15 is 0 Å². The van der Waals surface area contributed by atoms with E-state index in [1.165, 1.54) is 10.8 Å². The SMILES string of the molecule is c1ccc(-c2nc(-c3ccccc3)nc(-c3ccc(-c4c(-c5ccccn5)ccc5ccccc45)cc3)n2)cc1. The van der Waals surface area contributed by atoms with Crippen molar-refractivity contribution in [3.05, 3.63) is 146 Å². The van der Waals surface area contributed by atoms with E-state index in [1.54, 1.807) is 0 Å². The van der Waals surface area contributed by atoms with Crippen LogP contribution in [-0.4, -0.2) is 19.9 Å². The maximum atomic E-state index is 4.88. The van der Waals surface area contributed by atoms with Gasteiger partial charge in [-0.2, -0.15) is 0 Å². The summed E-state index contributed by atoms with van der Waals surface area (Å²) in [4.78, 5) is 19.2. The molecule has 40 heavy (non-hydrogen) atoms. The number of hydrogen-bond donors (Lipinski definition) is 0. The second kappa shape index (κ2) is 10.4. The number of rotatable bonds is 5. The van der Waals surface area contributed by atoms with Gasteiger partial charge >= 0.3 is 0 Å². The van der Waals surface area contributed by atoms with E-state index in [0.29, 0.717) is 17.5 Å². The van der Waals surface area contributed by atoms with Crippen molar-refractivity contribution in [2.24, 2.45) is 0 Å². The molecule has 0 spiro atoms. The van der Waals surface area contributed by atoms with Crippen LogP contribution < -0.4 is 0 Å². The quantitative estimate of drug-likeness (QED) is 0.231. The highest BCUT2D eigenvalue weighted by Gasteiger charge is 2.15. The third kappa shape index (κ3) is 4.52. The van der Waals surface area contributed by atoms with Gasteiger partial charge < -0.3 is 0 Å². The molecule has 0 radical (unpaired) electrons. The van der Waals surface area contributed by atoms with Gasteiger partial charge in [-0.15, -0.1) is 0 Å². The van der Waals surface area contributed by atoms with Gasteiger partial charge in [0.05, 0.1) is 5.69 Å². The van der Waals surface area contributed by atoms with Gasteiger partial charge in [-0.05, 0) is 34.0 Å². The second-order valence-corrected chi connectivity index (χ2v) is 9.54. The largest absolute Gasteiger partial charge is 0.256 e. The van der Waals surface area contributed by atoms with Crippen molar-refractivity contribution in [1.29, 1.82) is 0 Å². The Morgan fingerprint density at radius 1 is 0.375 bits per heavy atom. The Hall–Kier alpha value is -5.48. The lowest BCUT2D eigenvalue weighted by atomic mass is 9.91. The first-order valence-corrected chi connectivity index (χ1v) is 13.2. The van der Waals surface area contributed by atoms with Crippen LogP contribution in [0.3, 0.4) is 0 Å². The van der Waals surface area contributed by atoms with Crippen molar-refractivity contribution in [2.75, 3.05) is 0 Å². The van der Waals surface area contributed by atoms with Crippen molar-refractivity contribution in [3.8, 4) is 56.5 Å². The number of aromatic nitrogens is 4. The van der Waals surface area contributed by atoms with Crippen LogP contribution in [0.5, 0.6) is 0 Å². The molecule has 2 aromatic heterocycles. The molecule has 4 heteroatoms. The van der Waals surface area contributed by atoms with E-state index in [1.807, 2.05) is 79.0 Å². The smallest absolute Gasteiger partial charge is 0.164 e. The molecule has 2 heterocycles. The van der Waals surface area contributed by atoms with Crippen LogP contribution in [0.1, 0.15) is 0 Å². The summed E-state index contributed by atoms with van der Waals surface area (Å²) < 4.78 is 0. The third-order valence-corrected chi connectivity index (χ3v) is 7.00. The van der Waals surface area contributed by atoms with Crippen LogP contribution in [0, 0.1) is 0 Å². The fraction of sp³-hybridized carbons (Fsp3) is 0. The molecule has 0 amide bonds. The van der Waals surface area contributed by atoms with E-state index in [-0.39, 0.29) is 0 Å². The van der Waals surface area contributed by atoms with E-state index < -0.39 is 0 Å². The van der Waals surface area contributed by atoms with Crippen molar-refractivity contribution >= 4 is 10.8 Å². The Morgan fingerprint density at radius 3 is 1.50 bits per heavy atom. The maximum Gasteiger partial charge on any atom is 0.164 e. The first kappa shape index (κ1) is 23.6. The predicted molar refractivity (Wildman–Crippen MR) is 162 cm³/mol. The van der Waals surface area contributed by atoms with E-state index in [9.17, 15) is 0 Å². The number of nitrogens with zero attached hydrogens (tertiary/aromatic N) is 4. The van der Waals surface area contributed by atoms with Crippen LogP contribution in [0.25, 0.3) is 67.3 Å². The highest BCUT2D eigenvalue weighted by atomic mass is 15.0. The van der Waals surface area contributed by atoms with Gasteiger partial charge in [0, 0.05) is 28.5 Å². The Morgan fingerprint density at radius 2 is 0.900 bits per heavy atom. The highest BCUT2D eigenvalue weighted by molar-refractivity contribution is 6.03. The minimum Gasteiger partial charge on any atom is -0.256 e. The summed E-state index contributed by atoms with van der Waals surface area (Å²) >= 11 is 0. The molecule has 0 unspecified atom stereocenters. The molecule has 0 aliphatic carbocycles. The molecule has 0 atom stereocenters. The molecule has 188 valence electrons. The molecule has 5 aromatic carbocycles. The van der Waals surface area contributed by atoms with E-state index in [0.717, 1.165) is 39.1 Å². The summed E-state index contributed by atoms with van der Waals surface area (Å²) in [5, 5.41) is 2.38. The zero-order valence-electron chi connectivity index (χ0n) is 21.6. The normalized spacial score (nSPS) is 11.0. The summed E-state index contributed by atoms with van der Waals surface area (Å²) in [5.41, 5.74) is 7.16. The molecular weight excluding hydrogens is 488 g/mol. The molecule has 7 rings (SSSR count). The Bertz CT molecular complexity index is 1860. The van der Waals surface area contributed by atoms with Gasteiger partial charge in [-0.3, -0.25) is 4.98 Å². The first-order valence-electron chi connectivity index (χ1n) is 13.2. The summed E-state index contributed by atoms with van der Waals surface area (Å²) in [6.07, 6.45) is 1.84. The van der Waals surface area contributed by atoms with Gasteiger partial charge in [0.15, 0.2) is 17.5 Å². The number of pyridine rings is 1. The lowest BCUT2D eigenvalue weighted by Gasteiger charge is -2.14. The van der Waals surface area contributed by atoms with Crippen LogP contribution in [0.2, 0.25) is 0 Å². The van der Waals surface area contributed by atoms with Gasteiger partial charge in [-0.1, -0.05) is 127 Å². The van der Waals surface area contributed by atoms with E-state index in [4.69, 9.17) is 15.0 Å². The van der Waals surface area contributed by atoms with Crippen molar-refractivity contribution in [1.82, 2.24) is 19.9 Å². The molecule has 0 saturated heterocycles. The van der Waals surface area contributed by atoms with Gasteiger partial charge in [0.2, 0.25) is 0 Å². The molecule has 4 nitrogen and oxygen atoms in total. The first-order chi connectivity index (χ1) is 19.8. The summed E-state index contributed by atoms with van der Waals surface area (Å²) in [5.74, 6) is 1.95. The minimum atomic E-state index is 0.641. The topological polar surface area (TPSA) is 51.6 Å². The zero-order chi connectivity index (χ0) is 26.7. The van der Waals surface area contributed by atoms with Crippen LogP contribution >= 0.6 is 0 Å². The number of benzene rings is 5. The molecule has 0 aliphatic heterocycles. The lowest BCUT2D eigenvalue weighted by molar-refractivity contribution is 1.07. The second-order valence-electron chi connectivity index (χ2n) is 9.54. The fourth-order valence-electron chi connectivity index (χ4n) is 5.04. The summed E-state index contributed by atoms with van der Waals surface area (Å²) in [6, 6.07) is 47.4. The average molecular weight is 513 g/mol. The molecule has 0 saturated carbocycles. The molecular formula is C36H24N4. The highest BCUT2D eigenvalue weighted by Crippen LogP contribution is 2.38. The maximum absolute atomic E-state index is 4.88. The van der Waals surface area contributed by atoms with Gasteiger partial charge in [-0.25, -0.2) is 15.0 Å². The predicted octanol–water partition coefficient (Wildman–Crippen LogP) is 8.75. The van der Waals surface area contributed by atoms with Crippen molar-refractivity contribution < 1.29 is 0 Å². The lowest BCUT2D eigenvalue weighted by Crippen LogP contribution is -2.00. The monoisotopic (exact) mass is 512 g/mol. The Balaban J connectivity index is 1.37. The van der Waals surface area contributed by atoms with Gasteiger partial charge in [0.25, 0.3) is 0 Å². The van der Waals surface area contributed by atoms with Gasteiger partial charge in [0.1, 0.15) is 0 Å².